The van der Waals surface area contributed by atoms with Crippen LogP contribution in [0.3, 0.4) is 0 Å². The minimum absolute atomic E-state index is 0.0501. The van der Waals surface area contributed by atoms with E-state index in [1.807, 2.05) is 0 Å². The van der Waals surface area contributed by atoms with Crippen LogP contribution in [0.2, 0.25) is 0 Å². The molecule has 0 fully saturated rings. The van der Waals surface area contributed by atoms with Crippen molar-refractivity contribution in [2.24, 2.45) is 0 Å². The molecule has 0 heterocycles. The van der Waals surface area contributed by atoms with E-state index >= 15 is 0 Å². The second kappa shape index (κ2) is 6.53. The molecule has 0 radical (unpaired) electrons. The van der Waals surface area contributed by atoms with Crippen molar-refractivity contribution in [2.75, 3.05) is 0 Å². The van der Waals surface area contributed by atoms with Gasteiger partial charge in [0.1, 0.15) is 0 Å². The van der Waals surface area contributed by atoms with Gasteiger partial charge in [0.15, 0.2) is 0 Å². The van der Waals surface area contributed by atoms with Crippen LogP contribution in [0.25, 0.3) is 21.9 Å². The number of aryl methyl sites for hydroxylation is 1. The van der Waals surface area contributed by atoms with Gasteiger partial charge in [0.05, 0.1) is 0 Å². The number of hydrogen-bond acceptors (Lipinski definition) is 0. The van der Waals surface area contributed by atoms with Gasteiger partial charge in [-0.1, -0.05) is 87.0 Å². The summed E-state index contributed by atoms with van der Waals surface area (Å²) in [6.07, 6.45) is 3.34. The zero-order valence-corrected chi connectivity index (χ0v) is 17.1. The molecule has 0 amide bonds. The number of benzene rings is 3. The molecule has 0 N–H and O–H groups in total. The molecule has 4 rings (SSSR count). The van der Waals surface area contributed by atoms with Crippen LogP contribution in [0.5, 0.6) is 0 Å². The first kappa shape index (κ1) is 17.8. The lowest BCUT2D eigenvalue weighted by molar-refractivity contribution is 0.659. The van der Waals surface area contributed by atoms with Crippen LogP contribution < -0.4 is 0 Å². The Balaban J connectivity index is 2.02. The molecule has 0 spiro atoms. The van der Waals surface area contributed by atoms with Gasteiger partial charge in [0, 0.05) is 5.41 Å². The van der Waals surface area contributed by atoms with E-state index in [1.165, 1.54) is 49.7 Å². The van der Waals surface area contributed by atoms with Gasteiger partial charge in [-0.2, -0.15) is 0 Å². The molecular weight excluding hydrogens is 324 g/mol. The van der Waals surface area contributed by atoms with Gasteiger partial charge in [-0.05, 0) is 70.5 Å². The van der Waals surface area contributed by atoms with Gasteiger partial charge >= 0.3 is 0 Å². The average molecular weight is 353 g/mol. The summed E-state index contributed by atoms with van der Waals surface area (Å²) < 4.78 is 0. The van der Waals surface area contributed by atoms with E-state index < -0.39 is 0 Å². The van der Waals surface area contributed by atoms with Crippen molar-refractivity contribution in [2.45, 2.75) is 46.5 Å². The van der Waals surface area contributed by atoms with Crippen LogP contribution in [0, 0.1) is 6.92 Å². The lowest BCUT2D eigenvalue weighted by atomic mass is 9.81. The monoisotopic (exact) mass is 352 g/mol. The average Bonchev–Trinajstić information content (AvgIpc) is 2.89. The molecule has 0 aliphatic heterocycles. The normalized spacial score (nSPS) is 18.8. The van der Waals surface area contributed by atoms with E-state index in [4.69, 9.17) is 0 Å². The van der Waals surface area contributed by atoms with Crippen LogP contribution in [0.15, 0.2) is 72.3 Å². The van der Waals surface area contributed by atoms with Gasteiger partial charge in [-0.15, -0.1) is 0 Å². The first-order valence-corrected chi connectivity index (χ1v) is 9.98. The summed E-state index contributed by atoms with van der Waals surface area (Å²) in [5.74, 6) is 0. The summed E-state index contributed by atoms with van der Waals surface area (Å²) in [5, 5.41) is 2.63. The van der Waals surface area contributed by atoms with E-state index in [2.05, 4.69) is 101 Å². The Hall–Kier alpha value is -2.60. The molecule has 0 saturated heterocycles. The Bertz CT molecular complexity index is 1090. The second-order valence-electron chi connectivity index (χ2n) is 8.15. The molecule has 0 bridgehead atoms. The third-order valence-electron chi connectivity index (χ3n) is 6.10. The van der Waals surface area contributed by atoms with Crippen molar-refractivity contribution in [3.8, 4) is 0 Å². The van der Waals surface area contributed by atoms with E-state index in [0.717, 1.165) is 6.42 Å². The third-order valence-corrected chi connectivity index (χ3v) is 6.10. The van der Waals surface area contributed by atoms with Crippen molar-refractivity contribution in [3.05, 3.63) is 94.6 Å². The summed E-state index contributed by atoms with van der Waals surface area (Å²) in [6.45, 7) is 11.3. The minimum Gasteiger partial charge on any atom is -0.0829 e. The molecule has 0 saturated carbocycles. The fourth-order valence-corrected chi connectivity index (χ4v) is 4.76. The largest absolute Gasteiger partial charge is 0.0829 e. The number of allylic oxidation sites excluding steroid dienone is 4. The summed E-state index contributed by atoms with van der Waals surface area (Å²) in [4.78, 5) is 0. The summed E-state index contributed by atoms with van der Waals surface area (Å²) in [7, 11) is 0. The van der Waals surface area contributed by atoms with E-state index in [9.17, 15) is 0 Å². The fourth-order valence-electron chi connectivity index (χ4n) is 4.76. The Morgan fingerprint density at radius 1 is 0.926 bits per heavy atom. The van der Waals surface area contributed by atoms with E-state index in [0.29, 0.717) is 0 Å². The lowest BCUT2D eigenvalue weighted by Crippen LogP contribution is -2.15. The van der Waals surface area contributed by atoms with E-state index in [-0.39, 0.29) is 5.41 Å². The van der Waals surface area contributed by atoms with Crippen LogP contribution in [0.4, 0.5) is 0 Å². The highest BCUT2D eigenvalue weighted by Crippen LogP contribution is 2.52. The number of rotatable bonds is 2. The summed E-state index contributed by atoms with van der Waals surface area (Å²) >= 11 is 0. The highest BCUT2D eigenvalue weighted by molar-refractivity contribution is 6.04. The molecule has 0 unspecified atom stereocenters. The molecule has 3 aromatic rings. The third kappa shape index (κ3) is 2.75. The van der Waals surface area contributed by atoms with Gasteiger partial charge in [0.2, 0.25) is 0 Å². The van der Waals surface area contributed by atoms with Crippen molar-refractivity contribution in [1.29, 1.82) is 0 Å². The molecule has 136 valence electrons. The zero-order valence-electron chi connectivity index (χ0n) is 17.1. The minimum atomic E-state index is 0.0501. The maximum absolute atomic E-state index is 2.37. The molecule has 0 heteroatoms. The Morgan fingerprint density at radius 2 is 1.67 bits per heavy atom. The Kier molecular flexibility index (Phi) is 4.30. The Labute approximate surface area is 163 Å². The number of hydrogen-bond donors (Lipinski definition) is 0. The Morgan fingerprint density at radius 3 is 2.41 bits per heavy atom. The molecule has 1 aliphatic rings. The lowest BCUT2D eigenvalue weighted by Gasteiger charge is -2.22. The number of fused-ring (bicyclic) bond motifs is 2. The first-order chi connectivity index (χ1) is 13.0. The predicted molar refractivity (Wildman–Crippen MR) is 119 cm³/mol. The summed E-state index contributed by atoms with van der Waals surface area (Å²) in [5.41, 5.74) is 9.88. The van der Waals surface area contributed by atoms with E-state index in [1.54, 1.807) is 0 Å². The van der Waals surface area contributed by atoms with Gasteiger partial charge in [0.25, 0.3) is 0 Å². The quantitative estimate of drug-likeness (QED) is 0.443. The molecular formula is C27H28. The molecule has 0 atom stereocenters. The summed E-state index contributed by atoms with van der Waals surface area (Å²) in [6, 6.07) is 22.6. The van der Waals surface area contributed by atoms with Gasteiger partial charge < -0.3 is 0 Å². The van der Waals surface area contributed by atoms with Crippen molar-refractivity contribution >= 4 is 21.9 Å². The molecule has 0 aromatic heterocycles. The van der Waals surface area contributed by atoms with Crippen LogP contribution in [0.1, 0.15) is 56.4 Å². The fraction of sp³-hybridized carbons (Fsp3) is 0.259. The highest BCUT2D eigenvalue weighted by atomic mass is 14.4. The van der Waals surface area contributed by atoms with Crippen molar-refractivity contribution < 1.29 is 0 Å². The molecule has 27 heavy (non-hydrogen) atoms. The van der Waals surface area contributed by atoms with Crippen LogP contribution in [-0.2, 0) is 5.41 Å². The zero-order chi connectivity index (χ0) is 19.2. The molecule has 1 aliphatic carbocycles. The second-order valence-corrected chi connectivity index (χ2v) is 8.15. The SMILES string of the molecule is CC=C1C(=C(CC)c2ccc3ccc(C)cc3c2)c2ccccc2C1(C)C. The first-order valence-electron chi connectivity index (χ1n) is 9.98. The molecule has 0 nitrogen and oxygen atoms in total. The maximum Gasteiger partial charge on any atom is 0.0155 e. The highest BCUT2D eigenvalue weighted by Gasteiger charge is 2.38. The van der Waals surface area contributed by atoms with Crippen LogP contribution in [-0.4, -0.2) is 0 Å². The topological polar surface area (TPSA) is 0 Å². The van der Waals surface area contributed by atoms with Gasteiger partial charge in [-0.25, -0.2) is 0 Å². The standard InChI is InChI=1S/C27H28/c1-6-22(20-15-14-19-13-12-18(3)16-21(19)17-20)26-23-10-8-9-11-25(23)27(4,5)24(26)7-2/h7-17H,6H2,1-5H3. The predicted octanol–water partition coefficient (Wildman–Crippen LogP) is 7.71. The smallest absolute Gasteiger partial charge is 0.0155 e. The van der Waals surface area contributed by atoms with Crippen LogP contribution >= 0.6 is 0 Å². The maximum atomic E-state index is 2.37. The van der Waals surface area contributed by atoms with Crippen molar-refractivity contribution in [1.82, 2.24) is 0 Å². The van der Waals surface area contributed by atoms with Gasteiger partial charge in [-0.3, -0.25) is 0 Å². The molecule has 3 aromatic carbocycles. The van der Waals surface area contributed by atoms with Crippen molar-refractivity contribution in [3.63, 3.8) is 0 Å².